The van der Waals surface area contributed by atoms with E-state index in [2.05, 4.69) is 0 Å². The van der Waals surface area contributed by atoms with Crippen molar-refractivity contribution in [3.63, 3.8) is 0 Å². The van der Waals surface area contributed by atoms with Crippen LogP contribution in [0.25, 0.3) is 0 Å². The molecule has 5 nitrogen and oxygen atoms in total. The van der Waals surface area contributed by atoms with E-state index in [0.29, 0.717) is 6.54 Å². The molecular formula is C12H18N2O3. The quantitative estimate of drug-likeness (QED) is 0.737. The molecule has 0 spiro atoms. The highest BCUT2D eigenvalue weighted by Crippen LogP contribution is 2.11. The third-order valence-electron chi connectivity index (χ3n) is 2.55. The highest BCUT2D eigenvalue weighted by molar-refractivity contribution is 6.01. The second-order valence-electron chi connectivity index (χ2n) is 4.06. The molecule has 0 aliphatic rings. The van der Waals surface area contributed by atoms with E-state index in [1.54, 1.807) is 0 Å². The van der Waals surface area contributed by atoms with E-state index in [1.807, 2.05) is 19.9 Å². The van der Waals surface area contributed by atoms with E-state index in [-0.39, 0.29) is 29.5 Å². The van der Waals surface area contributed by atoms with Crippen LogP contribution in [0.2, 0.25) is 0 Å². The Bertz CT molecular complexity index is 378. The van der Waals surface area contributed by atoms with Gasteiger partial charge in [0.25, 0.3) is 0 Å². The van der Waals surface area contributed by atoms with Gasteiger partial charge in [0.15, 0.2) is 0 Å². The van der Waals surface area contributed by atoms with Crippen LogP contribution >= 0.6 is 0 Å². The molecule has 0 unspecified atom stereocenters. The van der Waals surface area contributed by atoms with E-state index in [9.17, 15) is 9.59 Å². The van der Waals surface area contributed by atoms with Crippen molar-refractivity contribution >= 4 is 11.9 Å². The molecule has 0 rings (SSSR count). The van der Waals surface area contributed by atoms with Crippen molar-refractivity contribution in [2.75, 3.05) is 6.54 Å². The average molecular weight is 238 g/mol. The fourth-order valence-corrected chi connectivity index (χ4v) is 1.30. The van der Waals surface area contributed by atoms with E-state index in [4.69, 9.17) is 10.4 Å². The van der Waals surface area contributed by atoms with Crippen molar-refractivity contribution in [1.29, 1.82) is 5.26 Å². The lowest BCUT2D eigenvalue weighted by Gasteiger charge is -2.26. The minimum Gasteiger partial charge on any atom is -0.478 e. The van der Waals surface area contributed by atoms with Gasteiger partial charge in [-0.3, -0.25) is 4.79 Å². The molecule has 0 aromatic carbocycles. The van der Waals surface area contributed by atoms with E-state index in [1.165, 1.54) is 18.7 Å². The summed E-state index contributed by atoms with van der Waals surface area (Å²) in [5, 5.41) is 17.3. The molecule has 0 saturated carbocycles. The maximum Gasteiger partial charge on any atom is 0.331 e. The number of carbonyl (C=O) groups is 2. The molecule has 0 aromatic rings. The number of hydrogen-bond acceptors (Lipinski definition) is 3. The molecule has 0 heterocycles. The van der Waals surface area contributed by atoms with Crippen molar-refractivity contribution in [2.45, 2.75) is 40.2 Å². The largest absolute Gasteiger partial charge is 0.478 e. The number of hydrogen-bond donors (Lipinski definition) is 1. The van der Waals surface area contributed by atoms with Crippen LogP contribution < -0.4 is 0 Å². The summed E-state index contributed by atoms with van der Waals surface area (Å²) in [4.78, 5) is 24.3. The maximum absolute atomic E-state index is 12.0. The summed E-state index contributed by atoms with van der Waals surface area (Å²) >= 11 is 0. The van der Waals surface area contributed by atoms with E-state index in [0.717, 1.165) is 0 Å². The lowest BCUT2D eigenvalue weighted by Crippen LogP contribution is -2.38. The summed E-state index contributed by atoms with van der Waals surface area (Å²) in [5.41, 5.74) is 0.252. The van der Waals surface area contributed by atoms with Crippen LogP contribution in [0, 0.1) is 11.3 Å². The van der Waals surface area contributed by atoms with Crippen LogP contribution in [0.4, 0.5) is 0 Å². The number of amides is 1. The molecule has 0 aliphatic heterocycles. The number of aliphatic carboxylic acids is 1. The Hall–Kier alpha value is -1.83. The van der Waals surface area contributed by atoms with Gasteiger partial charge in [-0.05, 0) is 27.7 Å². The van der Waals surface area contributed by atoms with Crippen molar-refractivity contribution in [1.82, 2.24) is 4.90 Å². The predicted octanol–water partition coefficient (Wildman–Crippen LogP) is 1.56. The highest BCUT2D eigenvalue weighted by atomic mass is 16.4. The second kappa shape index (κ2) is 6.69. The first kappa shape index (κ1) is 15.2. The monoisotopic (exact) mass is 238 g/mol. The number of carbonyl (C=O) groups excluding carboxylic acids is 1. The zero-order chi connectivity index (χ0) is 13.6. The normalized spacial score (nSPS) is 11.8. The van der Waals surface area contributed by atoms with Crippen LogP contribution in [-0.4, -0.2) is 34.5 Å². The van der Waals surface area contributed by atoms with Crippen molar-refractivity contribution < 1.29 is 14.7 Å². The Balaban J connectivity index is 5.04. The Morgan fingerprint density at radius 1 is 1.29 bits per heavy atom. The Morgan fingerprint density at radius 2 is 1.82 bits per heavy atom. The van der Waals surface area contributed by atoms with Crippen LogP contribution in [-0.2, 0) is 9.59 Å². The molecule has 0 fully saturated rings. The van der Waals surface area contributed by atoms with Crippen LogP contribution in [0.15, 0.2) is 11.1 Å². The Kier molecular flexibility index (Phi) is 5.97. The zero-order valence-electron chi connectivity index (χ0n) is 10.6. The summed E-state index contributed by atoms with van der Waals surface area (Å²) in [6, 6.07) is 1.91. The van der Waals surface area contributed by atoms with Crippen molar-refractivity contribution in [3.8, 4) is 6.07 Å². The SMILES string of the molecule is CC(C(=O)O)=C(C)C(=O)N(CCC#N)C(C)C. The molecule has 1 amide bonds. The first-order valence-electron chi connectivity index (χ1n) is 5.41. The second-order valence-corrected chi connectivity index (χ2v) is 4.06. The summed E-state index contributed by atoms with van der Waals surface area (Å²) < 4.78 is 0. The molecular weight excluding hydrogens is 220 g/mol. The Morgan fingerprint density at radius 3 is 2.18 bits per heavy atom. The summed E-state index contributed by atoms with van der Waals surface area (Å²) in [7, 11) is 0. The summed E-state index contributed by atoms with van der Waals surface area (Å²) in [6.45, 7) is 6.88. The van der Waals surface area contributed by atoms with Crippen molar-refractivity contribution in [3.05, 3.63) is 11.1 Å². The van der Waals surface area contributed by atoms with Gasteiger partial charge in [-0.2, -0.15) is 5.26 Å². The predicted molar refractivity (Wildman–Crippen MR) is 63.1 cm³/mol. The standard InChI is InChI=1S/C12H18N2O3/c1-8(2)14(7-5-6-13)11(15)9(3)10(4)12(16)17/h8H,5,7H2,1-4H3,(H,16,17). The molecule has 0 radical (unpaired) electrons. The number of carboxylic acid groups (broad SMARTS) is 1. The fraction of sp³-hybridized carbons (Fsp3) is 0.583. The summed E-state index contributed by atoms with van der Waals surface area (Å²) in [5.74, 6) is -1.42. The maximum atomic E-state index is 12.0. The molecule has 0 atom stereocenters. The van der Waals surface area contributed by atoms with Gasteiger partial charge in [0, 0.05) is 23.7 Å². The minimum atomic E-state index is -1.10. The van der Waals surface area contributed by atoms with E-state index >= 15 is 0 Å². The van der Waals surface area contributed by atoms with Gasteiger partial charge < -0.3 is 10.0 Å². The lowest BCUT2D eigenvalue weighted by molar-refractivity contribution is -0.134. The third-order valence-corrected chi connectivity index (χ3v) is 2.55. The smallest absolute Gasteiger partial charge is 0.331 e. The van der Waals surface area contributed by atoms with Crippen LogP contribution in [0.3, 0.4) is 0 Å². The molecule has 5 heteroatoms. The molecule has 0 aliphatic carbocycles. The van der Waals surface area contributed by atoms with Crippen LogP contribution in [0.5, 0.6) is 0 Å². The van der Waals surface area contributed by atoms with Gasteiger partial charge in [-0.25, -0.2) is 4.79 Å². The topological polar surface area (TPSA) is 81.4 Å². The third kappa shape index (κ3) is 4.27. The van der Waals surface area contributed by atoms with Gasteiger partial charge in [0.2, 0.25) is 5.91 Å². The number of nitriles is 1. The molecule has 0 bridgehead atoms. The molecule has 1 N–H and O–H groups in total. The minimum absolute atomic E-state index is 0.0395. The van der Waals surface area contributed by atoms with Gasteiger partial charge >= 0.3 is 5.97 Å². The molecule has 94 valence electrons. The van der Waals surface area contributed by atoms with Crippen molar-refractivity contribution in [2.24, 2.45) is 0 Å². The van der Waals surface area contributed by atoms with Gasteiger partial charge in [0.1, 0.15) is 0 Å². The zero-order valence-corrected chi connectivity index (χ0v) is 10.6. The number of carboxylic acids is 1. The van der Waals surface area contributed by atoms with Gasteiger partial charge in [-0.15, -0.1) is 0 Å². The van der Waals surface area contributed by atoms with Gasteiger partial charge in [0.05, 0.1) is 12.5 Å². The lowest BCUT2D eigenvalue weighted by atomic mass is 10.1. The van der Waals surface area contributed by atoms with Crippen LogP contribution in [0.1, 0.15) is 34.1 Å². The highest BCUT2D eigenvalue weighted by Gasteiger charge is 2.21. The molecule has 0 saturated heterocycles. The summed E-state index contributed by atoms with van der Waals surface area (Å²) in [6.07, 6.45) is 0.239. The van der Waals surface area contributed by atoms with Gasteiger partial charge in [-0.1, -0.05) is 0 Å². The fourth-order valence-electron chi connectivity index (χ4n) is 1.30. The molecule has 17 heavy (non-hydrogen) atoms. The molecule has 0 aromatic heterocycles. The Labute approximate surface area is 101 Å². The number of nitrogens with zero attached hydrogens (tertiary/aromatic N) is 2. The first-order chi connectivity index (χ1) is 7.82. The number of rotatable bonds is 5. The van der Waals surface area contributed by atoms with E-state index < -0.39 is 5.97 Å². The first-order valence-corrected chi connectivity index (χ1v) is 5.41. The average Bonchev–Trinajstić information content (AvgIpc) is 2.26.